The lowest BCUT2D eigenvalue weighted by molar-refractivity contribution is 0.303. The van der Waals surface area contributed by atoms with Gasteiger partial charge in [-0.1, -0.05) is 99.9 Å². The largest absolute Gasteiger partial charge is 0.489 e. The lowest BCUT2D eigenvalue weighted by Gasteiger charge is -2.20. The number of aliphatic imine (C=N–C) groups is 1. The van der Waals surface area contributed by atoms with E-state index in [-0.39, 0.29) is 0 Å². The van der Waals surface area contributed by atoms with Gasteiger partial charge in [0, 0.05) is 23.0 Å². The quantitative estimate of drug-likeness (QED) is 0.199. The first-order valence-corrected chi connectivity index (χ1v) is 12.4. The van der Waals surface area contributed by atoms with Crippen molar-refractivity contribution in [2.45, 2.75) is 33.0 Å². The highest BCUT2D eigenvalue weighted by atomic mass is 31.1. The van der Waals surface area contributed by atoms with Crippen molar-refractivity contribution in [3.8, 4) is 5.75 Å². The number of hydrogen-bond donors (Lipinski definition) is 0. The van der Waals surface area contributed by atoms with Crippen molar-refractivity contribution in [2.75, 3.05) is 0 Å². The van der Waals surface area contributed by atoms with Crippen molar-refractivity contribution in [2.24, 2.45) is 4.99 Å². The summed E-state index contributed by atoms with van der Waals surface area (Å²) in [4.78, 5) is 4.71. The Morgan fingerprint density at radius 3 is 2.33 bits per heavy atom. The van der Waals surface area contributed by atoms with Crippen LogP contribution < -0.4 is 10.0 Å². The molecule has 2 atom stereocenters. The zero-order valence-electron chi connectivity index (χ0n) is 19.5. The minimum absolute atomic E-state index is 0.334. The average molecular weight is 452 g/mol. The summed E-state index contributed by atoms with van der Waals surface area (Å²) < 4.78 is 6.28. The molecular weight excluding hydrogens is 421 g/mol. The van der Waals surface area contributed by atoms with Gasteiger partial charge in [-0.05, 0) is 48.5 Å². The molecule has 0 aliphatic carbocycles. The highest BCUT2D eigenvalue weighted by Gasteiger charge is 2.16. The number of rotatable bonds is 8. The van der Waals surface area contributed by atoms with Crippen LogP contribution in [0.2, 0.25) is 0 Å². The van der Waals surface area contributed by atoms with E-state index in [0.717, 1.165) is 11.4 Å². The van der Waals surface area contributed by atoms with Crippen molar-refractivity contribution >= 4 is 25.8 Å². The van der Waals surface area contributed by atoms with Crippen LogP contribution in [0.25, 0.3) is 0 Å². The van der Waals surface area contributed by atoms with Crippen LogP contribution in [-0.4, -0.2) is 6.21 Å². The van der Waals surface area contributed by atoms with Gasteiger partial charge in [-0.25, -0.2) is 0 Å². The summed E-state index contributed by atoms with van der Waals surface area (Å²) in [5.74, 6) is 0.970. The van der Waals surface area contributed by atoms with Gasteiger partial charge < -0.3 is 4.74 Å². The van der Waals surface area contributed by atoms with Crippen LogP contribution in [0.5, 0.6) is 5.75 Å². The van der Waals surface area contributed by atoms with Gasteiger partial charge in [0.2, 0.25) is 0 Å². The average Bonchev–Trinajstić information content (AvgIpc) is 2.85. The third kappa shape index (κ3) is 6.18. The van der Waals surface area contributed by atoms with Crippen LogP contribution >= 0.6 is 8.58 Å². The van der Waals surface area contributed by atoms with Gasteiger partial charge in [-0.2, -0.15) is 0 Å². The van der Waals surface area contributed by atoms with Gasteiger partial charge >= 0.3 is 0 Å². The molecule has 0 aliphatic heterocycles. The number of benzene rings is 4. The first-order chi connectivity index (χ1) is 16.1. The van der Waals surface area contributed by atoms with Gasteiger partial charge in [0.25, 0.3) is 0 Å². The van der Waals surface area contributed by atoms with E-state index in [1.807, 2.05) is 42.6 Å². The molecule has 0 amide bonds. The molecule has 0 aliphatic rings. The molecule has 4 aromatic carbocycles. The van der Waals surface area contributed by atoms with E-state index in [0.29, 0.717) is 20.8 Å². The normalized spacial score (nSPS) is 12.5. The predicted molar refractivity (Wildman–Crippen MR) is 143 cm³/mol. The Kier molecular flexibility index (Phi) is 7.70. The molecule has 2 nitrogen and oxygen atoms in total. The molecule has 0 bridgehead atoms. The highest BCUT2D eigenvalue weighted by Crippen LogP contribution is 2.40. The molecule has 0 saturated carbocycles. The maximum Gasteiger partial charge on any atom is 0.123 e. The first kappa shape index (κ1) is 23.0. The zero-order chi connectivity index (χ0) is 23.0. The second-order valence-corrected chi connectivity index (χ2v) is 9.97. The highest BCUT2D eigenvalue weighted by molar-refractivity contribution is 7.48. The Morgan fingerprint density at radius 1 is 0.848 bits per heavy atom. The number of para-hydroxylation sites is 1. The Morgan fingerprint density at radius 2 is 1.58 bits per heavy atom. The minimum atomic E-state index is 0.334. The van der Waals surface area contributed by atoms with Gasteiger partial charge in [0.1, 0.15) is 12.4 Å². The van der Waals surface area contributed by atoms with E-state index in [2.05, 4.69) is 81.4 Å². The molecule has 166 valence electrons. The van der Waals surface area contributed by atoms with Crippen molar-refractivity contribution in [3.05, 3.63) is 125 Å². The van der Waals surface area contributed by atoms with Crippen LogP contribution in [0.1, 0.15) is 40.4 Å². The SMILES string of the molecule is Cc1ccc(OCc2ccccc2)c(C(C)Pc2c(C)cccc2C=Nc2ccccc2)c1. The van der Waals surface area contributed by atoms with E-state index >= 15 is 0 Å². The molecule has 4 rings (SSSR count). The van der Waals surface area contributed by atoms with Crippen molar-refractivity contribution in [3.63, 3.8) is 0 Å². The monoisotopic (exact) mass is 451 g/mol. The molecule has 2 unspecified atom stereocenters. The predicted octanol–water partition coefficient (Wildman–Crippen LogP) is 7.70. The lowest BCUT2D eigenvalue weighted by atomic mass is 10.1. The second kappa shape index (κ2) is 11.1. The second-order valence-electron chi connectivity index (χ2n) is 8.31. The summed E-state index contributed by atoms with van der Waals surface area (Å²) in [6, 6.07) is 33.4. The summed E-state index contributed by atoms with van der Waals surface area (Å²) in [7, 11) is 0.613. The molecule has 4 aromatic rings. The number of aryl methyl sites for hydroxylation is 2. The Labute approximate surface area is 199 Å². The molecule has 33 heavy (non-hydrogen) atoms. The maximum atomic E-state index is 6.28. The molecule has 3 heteroatoms. The third-order valence-electron chi connectivity index (χ3n) is 5.64. The Hall–Kier alpha value is -3.22. The molecule has 0 aromatic heterocycles. The van der Waals surface area contributed by atoms with Gasteiger partial charge in [0.15, 0.2) is 0 Å². The molecule has 0 saturated heterocycles. The smallest absolute Gasteiger partial charge is 0.123 e. The van der Waals surface area contributed by atoms with Crippen molar-refractivity contribution < 1.29 is 4.74 Å². The minimum Gasteiger partial charge on any atom is -0.489 e. The molecule has 0 fully saturated rings. The Balaban J connectivity index is 1.58. The molecule has 0 spiro atoms. The molecule has 0 N–H and O–H groups in total. The zero-order valence-corrected chi connectivity index (χ0v) is 20.5. The molecular formula is C30H30NOP. The van der Waals surface area contributed by atoms with Crippen molar-refractivity contribution in [1.82, 2.24) is 0 Å². The topological polar surface area (TPSA) is 21.6 Å². The van der Waals surface area contributed by atoms with E-state index in [4.69, 9.17) is 9.73 Å². The summed E-state index contributed by atoms with van der Waals surface area (Å²) in [5, 5.41) is 1.36. The van der Waals surface area contributed by atoms with E-state index in [1.54, 1.807) is 0 Å². The van der Waals surface area contributed by atoms with Crippen molar-refractivity contribution in [1.29, 1.82) is 0 Å². The fourth-order valence-corrected chi connectivity index (χ4v) is 5.26. The number of nitrogens with zero attached hydrogens (tertiary/aromatic N) is 1. The van der Waals surface area contributed by atoms with Crippen LogP contribution in [0, 0.1) is 13.8 Å². The first-order valence-electron chi connectivity index (χ1n) is 11.3. The summed E-state index contributed by atoms with van der Waals surface area (Å²) in [6.07, 6.45) is 2.00. The summed E-state index contributed by atoms with van der Waals surface area (Å²) in [6.45, 7) is 7.21. The number of hydrogen-bond acceptors (Lipinski definition) is 2. The van der Waals surface area contributed by atoms with Gasteiger partial charge in [0.05, 0.1) is 5.69 Å². The Bertz CT molecular complexity index is 1220. The maximum absolute atomic E-state index is 6.28. The fourth-order valence-electron chi connectivity index (χ4n) is 3.82. The van der Waals surface area contributed by atoms with Gasteiger partial charge in [-0.3, -0.25) is 4.99 Å². The van der Waals surface area contributed by atoms with Crippen LogP contribution in [0.4, 0.5) is 5.69 Å². The molecule has 0 radical (unpaired) electrons. The van der Waals surface area contributed by atoms with Crippen LogP contribution in [0.3, 0.4) is 0 Å². The number of ether oxygens (including phenoxy) is 1. The lowest BCUT2D eigenvalue weighted by Crippen LogP contribution is -2.10. The fraction of sp³-hybridized carbons (Fsp3) is 0.167. The van der Waals surface area contributed by atoms with Crippen LogP contribution in [0.15, 0.2) is 102 Å². The van der Waals surface area contributed by atoms with E-state index in [9.17, 15) is 0 Å². The molecule has 0 heterocycles. The third-order valence-corrected chi connectivity index (χ3v) is 7.36. The van der Waals surface area contributed by atoms with E-state index in [1.165, 1.54) is 33.1 Å². The van der Waals surface area contributed by atoms with E-state index < -0.39 is 0 Å². The summed E-state index contributed by atoms with van der Waals surface area (Å²) >= 11 is 0. The summed E-state index contributed by atoms with van der Waals surface area (Å²) in [5.41, 5.74) is 7.48. The standard InChI is InChI=1S/C30H30NOP/c1-22-17-18-29(32-21-25-12-6-4-7-13-25)28(19-22)24(3)33-30-23(2)11-10-14-26(30)20-31-27-15-8-5-9-16-27/h4-20,24,33H,21H2,1-3H3. The van der Waals surface area contributed by atoms with Crippen LogP contribution in [-0.2, 0) is 6.61 Å². The van der Waals surface area contributed by atoms with Gasteiger partial charge in [-0.15, -0.1) is 0 Å².